The highest BCUT2D eigenvalue weighted by atomic mass is 32.2. The molecule has 0 aliphatic rings. The number of hydrogen-bond acceptors (Lipinski definition) is 6. The lowest BCUT2D eigenvalue weighted by Gasteiger charge is -2.16. The van der Waals surface area contributed by atoms with Crippen LogP contribution in [0.2, 0.25) is 0 Å². The van der Waals surface area contributed by atoms with E-state index in [-0.39, 0.29) is 11.7 Å². The van der Waals surface area contributed by atoms with Crippen molar-refractivity contribution in [3.63, 3.8) is 0 Å². The lowest BCUT2D eigenvalue weighted by atomic mass is 10.1. The zero-order chi connectivity index (χ0) is 19.1. The number of hydrogen-bond donors (Lipinski definition) is 0. The Morgan fingerprint density at radius 2 is 1.81 bits per heavy atom. The van der Waals surface area contributed by atoms with Gasteiger partial charge in [0.1, 0.15) is 5.75 Å². The van der Waals surface area contributed by atoms with Crippen molar-refractivity contribution in [3.05, 3.63) is 71.6 Å². The Kier molecular flexibility index (Phi) is 6.49. The number of carbonyl (C=O) groups excluding carboxylic acids is 1. The molecule has 0 fully saturated rings. The van der Waals surface area contributed by atoms with Gasteiger partial charge in [0.15, 0.2) is 0 Å². The standard InChI is InChI=1S/C20H21N3O3S/c1-23(13-16-6-4-3-5-7-16)19(24)14-27-20-22-21-18(26-20)12-15-8-10-17(25-2)11-9-15/h3-11H,12-14H2,1-2H3. The van der Waals surface area contributed by atoms with Crippen LogP contribution in [0.25, 0.3) is 0 Å². The Balaban J connectivity index is 1.49. The first-order valence-electron chi connectivity index (χ1n) is 8.50. The topological polar surface area (TPSA) is 68.5 Å². The normalized spacial score (nSPS) is 10.6. The van der Waals surface area contributed by atoms with Crippen molar-refractivity contribution in [3.8, 4) is 5.75 Å². The van der Waals surface area contributed by atoms with Crippen LogP contribution in [0.15, 0.2) is 64.2 Å². The third kappa shape index (κ3) is 5.59. The summed E-state index contributed by atoms with van der Waals surface area (Å²) in [6.07, 6.45) is 0.541. The molecule has 1 heterocycles. The van der Waals surface area contributed by atoms with Gasteiger partial charge in [-0.25, -0.2) is 0 Å². The number of methoxy groups -OCH3 is 1. The Morgan fingerprint density at radius 3 is 2.52 bits per heavy atom. The highest BCUT2D eigenvalue weighted by molar-refractivity contribution is 7.99. The van der Waals surface area contributed by atoms with Crippen LogP contribution < -0.4 is 4.74 Å². The van der Waals surface area contributed by atoms with E-state index in [9.17, 15) is 4.79 Å². The first-order chi connectivity index (χ1) is 13.1. The van der Waals surface area contributed by atoms with Gasteiger partial charge in [0.05, 0.1) is 19.3 Å². The summed E-state index contributed by atoms with van der Waals surface area (Å²) in [7, 11) is 3.42. The molecule has 0 saturated heterocycles. The van der Waals surface area contributed by atoms with Crippen molar-refractivity contribution < 1.29 is 13.9 Å². The summed E-state index contributed by atoms with van der Waals surface area (Å²) in [5, 5.41) is 8.47. The zero-order valence-electron chi connectivity index (χ0n) is 15.3. The second kappa shape index (κ2) is 9.23. The molecule has 140 valence electrons. The van der Waals surface area contributed by atoms with Crippen molar-refractivity contribution in [1.82, 2.24) is 15.1 Å². The Bertz CT molecular complexity index is 866. The molecule has 0 saturated carbocycles. The van der Waals surface area contributed by atoms with Crippen molar-refractivity contribution in [2.24, 2.45) is 0 Å². The largest absolute Gasteiger partial charge is 0.497 e. The zero-order valence-corrected chi connectivity index (χ0v) is 16.1. The Labute approximate surface area is 162 Å². The fraction of sp³-hybridized carbons (Fsp3) is 0.250. The highest BCUT2D eigenvalue weighted by Gasteiger charge is 2.13. The van der Waals surface area contributed by atoms with Crippen LogP contribution in [0.1, 0.15) is 17.0 Å². The van der Waals surface area contributed by atoms with Gasteiger partial charge in [-0.2, -0.15) is 0 Å². The predicted molar refractivity (Wildman–Crippen MR) is 104 cm³/mol. The van der Waals surface area contributed by atoms with Crippen LogP contribution in [0.4, 0.5) is 0 Å². The number of nitrogens with zero attached hydrogens (tertiary/aromatic N) is 3. The predicted octanol–water partition coefficient (Wildman–Crippen LogP) is 3.42. The molecule has 27 heavy (non-hydrogen) atoms. The molecule has 6 nitrogen and oxygen atoms in total. The monoisotopic (exact) mass is 383 g/mol. The number of rotatable bonds is 8. The van der Waals surface area contributed by atoms with Gasteiger partial charge in [-0.3, -0.25) is 4.79 Å². The number of ether oxygens (including phenoxy) is 1. The van der Waals surface area contributed by atoms with Crippen LogP contribution in [0.5, 0.6) is 5.75 Å². The summed E-state index contributed by atoms with van der Waals surface area (Å²) in [4.78, 5) is 14.0. The first kappa shape index (κ1) is 19.0. The van der Waals surface area contributed by atoms with E-state index in [4.69, 9.17) is 9.15 Å². The minimum Gasteiger partial charge on any atom is -0.497 e. The molecule has 3 rings (SSSR count). The van der Waals surface area contributed by atoms with Gasteiger partial charge < -0.3 is 14.1 Å². The molecular weight excluding hydrogens is 362 g/mol. The van der Waals surface area contributed by atoms with Gasteiger partial charge in [0.25, 0.3) is 5.22 Å². The van der Waals surface area contributed by atoms with Crippen LogP contribution in [0.3, 0.4) is 0 Å². The lowest BCUT2D eigenvalue weighted by Crippen LogP contribution is -2.27. The number of amides is 1. The van der Waals surface area contributed by atoms with Crippen molar-refractivity contribution >= 4 is 17.7 Å². The molecule has 3 aromatic rings. The van der Waals surface area contributed by atoms with E-state index in [1.54, 1.807) is 19.1 Å². The summed E-state index contributed by atoms with van der Waals surface area (Å²) in [6.45, 7) is 0.576. The molecule has 7 heteroatoms. The average molecular weight is 383 g/mol. The summed E-state index contributed by atoms with van der Waals surface area (Å²) >= 11 is 1.25. The summed E-state index contributed by atoms with van der Waals surface area (Å²) in [6, 6.07) is 17.6. The maximum atomic E-state index is 12.3. The summed E-state index contributed by atoms with van der Waals surface area (Å²) in [5.41, 5.74) is 2.15. The molecular formula is C20H21N3O3S. The van der Waals surface area contributed by atoms with Crippen molar-refractivity contribution in [2.45, 2.75) is 18.2 Å². The van der Waals surface area contributed by atoms with E-state index < -0.39 is 0 Å². The first-order valence-corrected chi connectivity index (χ1v) is 9.48. The maximum absolute atomic E-state index is 12.3. The van der Waals surface area contributed by atoms with Gasteiger partial charge in [0, 0.05) is 13.6 Å². The number of benzene rings is 2. The fourth-order valence-corrected chi connectivity index (χ4v) is 3.19. The smallest absolute Gasteiger partial charge is 0.277 e. The van der Waals surface area contributed by atoms with Crippen LogP contribution >= 0.6 is 11.8 Å². The molecule has 0 aliphatic carbocycles. The van der Waals surface area contributed by atoms with Gasteiger partial charge >= 0.3 is 0 Å². The van der Waals surface area contributed by atoms with E-state index in [1.807, 2.05) is 54.6 Å². The van der Waals surface area contributed by atoms with E-state index >= 15 is 0 Å². The molecule has 0 aliphatic heterocycles. The molecule has 0 radical (unpaired) electrons. The fourth-order valence-electron chi connectivity index (χ4n) is 2.47. The van der Waals surface area contributed by atoms with Crippen LogP contribution in [-0.4, -0.2) is 40.9 Å². The number of thioether (sulfide) groups is 1. The summed E-state index contributed by atoms with van der Waals surface area (Å²) in [5.74, 6) is 1.60. The van der Waals surface area contributed by atoms with E-state index in [0.717, 1.165) is 16.9 Å². The molecule has 0 N–H and O–H groups in total. The van der Waals surface area contributed by atoms with Crippen molar-refractivity contribution in [1.29, 1.82) is 0 Å². The molecule has 0 atom stereocenters. The minimum atomic E-state index is 0.0127. The van der Waals surface area contributed by atoms with E-state index in [1.165, 1.54) is 11.8 Å². The van der Waals surface area contributed by atoms with Crippen LogP contribution in [-0.2, 0) is 17.8 Å². The SMILES string of the molecule is COc1ccc(Cc2nnc(SCC(=O)N(C)Cc3ccccc3)o2)cc1. The molecule has 0 unspecified atom stereocenters. The molecule has 0 spiro atoms. The second-order valence-corrected chi connectivity index (χ2v) is 6.94. The maximum Gasteiger partial charge on any atom is 0.277 e. The lowest BCUT2D eigenvalue weighted by molar-refractivity contribution is -0.127. The molecule has 1 aromatic heterocycles. The van der Waals surface area contributed by atoms with Gasteiger partial charge in [0.2, 0.25) is 11.8 Å². The quantitative estimate of drug-likeness (QED) is 0.555. The highest BCUT2D eigenvalue weighted by Crippen LogP contribution is 2.19. The van der Waals surface area contributed by atoms with E-state index in [0.29, 0.717) is 24.1 Å². The third-order valence-corrected chi connectivity index (χ3v) is 4.77. The van der Waals surface area contributed by atoms with Crippen molar-refractivity contribution in [2.75, 3.05) is 19.9 Å². The van der Waals surface area contributed by atoms with Gasteiger partial charge in [-0.15, -0.1) is 10.2 Å². The summed E-state index contributed by atoms with van der Waals surface area (Å²) < 4.78 is 10.8. The van der Waals surface area contributed by atoms with Gasteiger partial charge in [-0.1, -0.05) is 54.2 Å². The van der Waals surface area contributed by atoms with Crippen LogP contribution in [0, 0.1) is 0 Å². The average Bonchev–Trinajstić information content (AvgIpc) is 3.14. The third-order valence-electron chi connectivity index (χ3n) is 3.97. The molecule has 0 bridgehead atoms. The minimum absolute atomic E-state index is 0.0127. The van der Waals surface area contributed by atoms with E-state index in [2.05, 4.69) is 10.2 Å². The Morgan fingerprint density at radius 1 is 1.07 bits per heavy atom. The molecule has 1 amide bonds. The number of aromatic nitrogens is 2. The van der Waals surface area contributed by atoms with Gasteiger partial charge in [-0.05, 0) is 23.3 Å². The Hall–Kier alpha value is -2.80. The number of carbonyl (C=O) groups is 1. The second-order valence-electron chi connectivity index (χ2n) is 6.01. The molecule has 2 aromatic carbocycles.